The second-order valence-electron chi connectivity index (χ2n) is 4.64. The standard InChI is InChI=1S/C10H17F2N3O.2ClH/c11-8(12)7-14-3-5-15(6-4-14)9(16)10(13)1-2-10;;/h8H,1-7,13H2;2*1H. The van der Waals surface area contributed by atoms with Crippen LogP contribution in [0.3, 0.4) is 0 Å². The highest BCUT2D eigenvalue weighted by Gasteiger charge is 2.48. The third-order valence-corrected chi connectivity index (χ3v) is 3.27. The second-order valence-corrected chi connectivity index (χ2v) is 4.64. The fourth-order valence-electron chi connectivity index (χ4n) is 1.99. The van der Waals surface area contributed by atoms with Crippen LogP contribution in [0, 0.1) is 0 Å². The predicted octanol–water partition coefficient (Wildman–Crippen LogP) is 0.731. The van der Waals surface area contributed by atoms with Gasteiger partial charge in [-0.2, -0.15) is 0 Å². The molecule has 2 N–H and O–H groups in total. The number of halogens is 4. The summed E-state index contributed by atoms with van der Waals surface area (Å²) in [4.78, 5) is 15.2. The highest BCUT2D eigenvalue weighted by atomic mass is 35.5. The number of hydrogen-bond acceptors (Lipinski definition) is 3. The van der Waals surface area contributed by atoms with Crippen LogP contribution in [-0.2, 0) is 4.79 Å². The van der Waals surface area contributed by atoms with Crippen LogP contribution in [0.2, 0.25) is 0 Å². The molecule has 8 heteroatoms. The minimum Gasteiger partial charge on any atom is -0.339 e. The number of carbonyl (C=O) groups is 1. The van der Waals surface area contributed by atoms with Crippen molar-refractivity contribution in [3.05, 3.63) is 0 Å². The number of hydrogen-bond donors (Lipinski definition) is 1. The molecule has 0 atom stereocenters. The van der Waals surface area contributed by atoms with Crippen molar-refractivity contribution in [2.24, 2.45) is 5.73 Å². The Labute approximate surface area is 118 Å². The Morgan fingerprint density at radius 1 is 1.17 bits per heavy atom. The van der Waals surface area contributed by atoms with Crippen molar-refractivity contribution < 1.29 is 13.6 Å². The van der Waals surface area contributed by atoms with Crippen LogP contribution < -0.4 is 5.73 Å². The van der Waals surface area contributed by atoms with Crippen molar-refractivity contribution in [2.45, 2.75) is 24.8 Å². The predicted molar refractivity (Wildman–Crippen MR) is 69.7 cm³/mol. The summed E-state index contributed by atoms with van der Waals surface area (Å²) in [5, 5.41) is 0. The van der Waals surface area contributed by atoms with E-state index in [1.165, 1.54) is 0 Å². The summed E-state index contributed by atoms with van der Waals surface area (Å²) in [6.45, 7) is 1.88. The fourth-order valence-corrected chi connectivity index (χ4v) is 1.99. The Hall–Kier alpha value is -0.170. The van der Waals surface area contributed by atoms with E-state index in [4.69, 9.17) is 5.73 Å². The molecule has 0 spiro atoms. The van der Waals surface area contributed by atoms with E-state index < -0.39 is 12.0 Å². The first-order chi connectivity index (χ1) is 7.51. The van der Waals surface area contributed by atoms with E-state index >= 15 is 0 Å². The van der Waals surface area contributed by atoms with Gasteiger partial charge in [0.15, 0.2) is 0 Å². The van der Waals surface area contributed by atoms with Gasteiger partial charge in [0.2, 0.25) is 5.91 Å². The Kier molecular flexibility index (Phi) is 6.78. The molecule has 0 radical (unpaired) electrons. The fraction of sp³-hybridized carbons (Fsp3) is 0.900. The zero-order valence-electron chi connectivity index (χ0n) is 9.98. The molecule has 0 aromatic carbocycles. The monoisotopic (exact) mass is 305 g/mol. The summed E-state index contributed by atoms with van der Waals surface area (Å²) in [5.74, 6) is -0.0100. The molecule has 4 nitrogen and oxygen atoms in total. The van der Waals surface area contributed by atoms with E-state index in [0.717, 1.165) is 12.8 Å². The lowest BCUT2D eigenvalue weighted by Crippen LogP contribution is -2.54. The van der Waals surface area contributed by atoms with E-state index in [1.54, 1.807) is 9.80 Å². The molecule has 0 aromatic heterocycles. The first kappa shape index (κ1) is 17.8. The van der Waals surface area contributed by atoms with Crippen molar-refractivity contribution in [2.75, 3.05) is 32.7 Å². The minimum atomic E-state index is -2.30. The van der Waals surface area contributed by atoms with Gasteiger partial charge in [-0.15, -0.1) is 24.8 Å². The smallest absolute Gasteiger partial charge is 0.251 e. The Morgan fingerprint density at radius 3 is 2.06 bits per heavy atom. The number of rotatable bonds is 3. The maximum atomic E-state index is 12.1. The molecule has 0 unspecified atom stereocenters. The summed E-state index contributed by atoms with van der Waals surface area (Å²) in [6, 6.07) is 0. The summed E-state index contributed by atoms with van der Waals surface area (Å²) in [7, 11) is 0. The molecule has 0 aromatic rings. The Bertz CT molecular complexity index is 282. The molecule has 1 aliphatic carbocycles. The number of nitrogens with two attached hydrogens (primary N) is 1. The van der Waals surface area contributed by atoms with Crippen LogP contribution in [0.5, 0.6) is 0 Å². The van der Waals surface area contributed by atoms with Gasteiger partial charge in [0.25, 0.3) is 6.43 Å². The van der Waals surface area contributed by atoms with Gasteiger partial charge in [0, 0.05) is 26.2 Å². The van der Waals surface area contributed by atoms with E-state index in [1.807, 2.05) is 0 Å². The Morgan fingerprint density at radius 2 is 1.67 bits per heavy atom. The van der Waals surface area contributed by atoms with Crippen LogP contribution in [0.15, 0.2) is 0 Å². The maximum Gasteiger partial charge on any atom is 0.251 e. The number of piperazine rings is 1. The van der Waals surface area contributed by atoms with Crippen LogP contribution >= 0.6 is 24.8 Å². The van der Waals surface area contributed by atoms with E-state index in [9.17, 15) is 13.6 Å². The van der Waals surface area contributed by atoms with Crippen molar-refractivity contribution in [1.82, 2.24) is 9.80 Å². The first-order valence-electron chi connectivity index (χ1n) is 5.60. The SMILES string of the molecule is Cl.Cl.NC1(C(=O)N2CCN(CC(F)F)CC2)CC1. The third kappa shape index (κ3) is 4.19. The molecule has 1 amide bonds. The van der Waals surface area contributed by atoms with Crippen molar-refractivity contribution >= 4 is 30.7 Å². The van der Waals surface area contributed by atoms with Gasteiger partial charge >= 0.3 is 0 Å². The zero-order chi connectivity index (χ0) is 11.8. The highest BCUT2D eigenvalue weighted by molar-refractivity contribution is 5.89. The normalized spacial score (nSPS) is 22.1. The molecule has 108 valence electrons. The van der Waals surface area contributed by atoms with Gasteiger partial charge in [-0.25, -0.2) is 8.78 Å². The largest absolute Gasteiger partial charge is 0.339 e. The van der Waals surface area contributed by atoms with Crippen LogP contribution in [0.4, 0.5) is 8.78 Å². The average molecular weight is 306 g/mol. The summed E-state index contributed by atoms with van der Waals surface area (Å²) in [5.41, 5.74) is 5.18. The van der Waals surface area contributed by atoms with Crippen molar-refractivity contribution in [3.8, 4) is 0 Å². The quantitative estimate of drug-likeness (QED) is 0.836. The van der Waals surface area contributed by atoms with E-state index in [2.05, 4.69) is 0 Å². The first-order valence-corrected chi connectivity index (χ1v) is 5.60. The molecule has 1 saturated heterocycles. The number of nitrogens with zero attached hydrogens (tertiary/aromatic N) is 2. The lowest BCUT2D eigenvalue weighted by atomic mass is 10.2. The molecule has 1 aliphatic heterocycles. The molecule has 1 heterocycles. The van der Waals surface area contributed by atoms with Gasteiger partial charge in [0.05, 0.1) is 12.1 Å². The van der Waals surface area contributed by atoms with Crippen LogP contribution in [0.1, 0.15) is 12.8 Å². The van der Waals surface area contributed by atoms with Gasteiger partial charge in [-0.05, 0) is 12.8 Å². The average Bonchev–Trinajstić information content (AvgIpc) is 2.97. The lowest BCUT2D eigenvalue weighted by molar-refractivity contribution is -0.135. The molecule has 2 fully saturated rings. The molecule has 2 rings (SSSR count). The number of alkyl halides is 2. The summed E-state index contributed by atoms with van der Waals surface area (Å²) in [6.07, 6.45) is -0.793. The zero-order valence-corrected chi connectivity index (χ0v) is 11.6. The summed E-state index contributed by atoms with van der Waals surface area (Å²) >= 11 is 0. The van der Waals surface area contributed by atoms with Crippen molar-refractivity contribution in [3.63, 3.8) is 0 Å². The topological polar surface area (TPSA) is 49.6 Å². The van der Waals surface area contributed by atoms with Gasteiger partial charge in [-0.1, -0.05) is 0 Å². The number of carbonyl (C=O) groups excluding carboxylic acids is 1. The van der Waals surface area contributed by atoms with Gasteiger partial charge in [-0.3, -0.25) is 9.69 Å². The molecular formula is C10H19Cl2F2N3O. The molecule has 0 bridgehead atoms. The van der Waals surface area contributed by atoms with Gasteiger partial charge in [0.1, 0.15) is 0 Å². The molecule has 2 aliphatic rings. The maximum absolute atomic E-state index is 12.1. The summed E-state index contributed by atoms with van der Waals surface area (Å²) < 4.78 is 24.3. The second kappa shape index (κ2) is 6.84. The lowest BCUT2D eigenvalue weighted by Gasteiger charge is -2.35. The third-order valence-electron chi connectivity index (χ3n) is 3.27. The van der Waals surface area contributed by atoms with Gasteiger partial charge < -0.3 is 10.6 Å². The van der Waals surface area contributed by atoms with E-state index in [-0.39, 0.29) is 37.3 Å². The highest BCUT2D eigenvalue weighted by Crippen LogP contribution is 2.34. The molecular weight excluding hydrogens is 287 g/mol. The van der Waals surface area contributed by atoms with Crippen LogP contribution in [-0.4, -0.2) is 60.4 Å². The molecule has 1 saturated carbocycles. The number of amides is 1. The van der Waals surface area contributed by atoms with Crippen LogP contribution in [0.25, 0.3) is 0 Å². The molecule has 18 heavy (non-hydrogen) atoms. The minimum absolute atomic E-state index is 0. The van der Waals surface area contributed by atoms with E-state index in [0.29, 0.717) is 26.2 Å². The Balaban J connectivity index is 0.00000144. The van der Waals surface area contributed by atoms with Crippen molar-refractivity contribution in [1.29, 1.82) is 0 Å².